The van der Waals surface area contributed by atoms with Crippen LogP contribution in [0.15, 0.2) is 54.9 Å². The van der Waals surface area contributed by atoms with Crippen molar-refractivity contribution in [2.24, 2.45) is 0 Å². The van der Waals surface area contributed by atoms with Crippen LogP contribution >= 0.6 is 11.6 Å². The Kier molecular flexibility index (Phi) is 6.64. The van der Waals surface area contributed by atoms with E-state index in [2.05, 4.69) is 15.3 Å². The standard InChI is InChI=1S/C22H20ClF3N6O/c23-19-12-17(22(24,25)26)13-27-21(19)31-10-8-30(9-11-31)20(33)7-6-18-15-32(29-28-18)14-16-4-2-1-3-5-16/h1-7,12-13,15H,8-11,14H2/b7-6+. The quantitative estimate of drug-likeness (QED) is 0.525. The Balaban J connectivity index is 1.31. The number of alkyl halides is 3. The van der Waals surface area contributed by atoms with Gasteiger partial charge >= 0.3 is 6.18 Å². The summed E-state index contributed by atoms with van der Waals surface area (Å²) >= 11 is 6.03. The number of aromatic nitrogens is 4. The lowest BCUT2D eigenvalue weighted by molar-refractivity contribution is -0.137. The fraction of sp³-hybridized carbons (Fsp3) is 0.273. The first-order chi connectivity index (χ1) is 15.8. The number of amides is 1. The van der Waals surface area contributed by atoms with Gasteiger partial charge in [0.1, 0.15) is 11.5 Å². The zero-order valence-corrected chi connectivity index (χ0v) is 18.2. The zero-order chi connectivity index (χ0) is 23.4. The van der Waals surface area contributed by atoms with Crippen molar-refractivity contribution in [1.82, 2.24) is 24.9 Å². The molecule has 0 spiro atoms. The highest BCUT2D eigenvalue weighted by molar-refractivity contribution is 6.33. The Labute approximate surface area is 193 Å². The number of carbonyl (C=O) groups excluding carboxylic acids is 1. The van der Waals surface area contributed by atoms with Crippen molar-refractivity contribution < 1.29 is 18.0 Å². The maximum Gasteiger partial charge on any atom is 0.417 e. The minimum absolute atomic E-state index is 0.0666. The Hall–Kier alpha value is -3.40. The van der Waals surface area contributed by atoms with Gasteiger partial charge in [-0.15, -0.1) is 5.10 Å². The van der Waals surface area contributed by atoms with Crippen molar-refractivity contribution in [2.45, 2.75) is 12.7 Å². The molecule has 0 bridgehead atoms. The smallest absolute Gasteiger partial charge is 0.352 e. The van der Waals surface area contributed by atoms with Crippen molar-refractivity contribution >= 4 is 29.4 Å². The van der Waals surface area contributed by atoms with Crippen LogP contribution in [0.25, 0.3) is 6.08 Å². The van der Waals surface area contributed by atoms with E-state index in [1.54, 1.807) is 26.8 Å². The molecule has 0 N–H and O–H groups in total. The number of hydrogen-bond acceptors (Lipinski definition) is 5. The van der Waals surface area contributed by atoms with Gasteiger partial charge in [0.05, 0.1) is 23.3 Å². The molecule has 2 aromatic heterocycles. The van der Waals surface area contributed by atoms with Crippen LogP contribution in [0, 0.1) is 0 Å². The molecule has 0 atom stereocenters. The minimum Gasteiger partial charge on any atom is -0.352 e. The third-order valence-corrected chi connectivity index (χ3v) is 5.46. The number of piperazine rings is 1. The van der Waals surface area contributed by atoms with Gasteiger partial charge in [-0.3, -0.25) is 4.79 Å². The lowest BCUT2D eigenvalue weighted by atomic mass is 10.2. The van der Waals surface area contributed by atoms with Crippen molar-refractivity contribution in [1.29, 1.82) is 0 Å². The summed E-state index contributed by atoms with van der Waals surface area (Å²) < 4.78 is 40.1. The highest BCUT2D eigenvalue weighted by Crippen LogP contribution is 2.33. The maximum absolute atomic E-state index is 12.8. The summed E-state index contributed by atoms with van der Waals surface area (Å²) in [5.74, 6) is 0.0982. The minimum atomic E-state index is -4.50. The van der Waals surface area contributed by atoms with Gasteiger partial charge in [-0.1, -0.05) is 47.1 Å². The summed E-state index contributed by atoms with van der Waals surface area (Å²) in [6.07, 6.45) is 1.08. The monoisotopic (exact) mass is 476 g/mol. The third-order valence-electron chi connectivity index (χ3n) is 5.18. The van der Waals surface area contributed by atoms with Crippen LogP contribution in [-0.4, -0.2) is 57.0 Å². The van der Waals surface area contributed by atoms with Gasteiger partial charge < -0.3 is 9.80 Å². The molecule has 1 aliphatic rings. The highest BCUT2D eigenvalue weighted by atomic mass is 35.5. The summed E-state index contributed by atoms with van der Waals surface area (Å²) in [7, 11) is 0. The van der Waals surface area contributed by atoms with E-state index in [9.17, 15) is 18.0 Å². The summed E-state index contributed by atoms with van der Waals surface area (Å²) in [6.45, 7) is 2.18. The molecule has 4 rings (SSSR count). The first kappa shape index (κ1) is 22.8. The van der Waals surface area contributed by atoms with Crippen LogP contribution in [0.3, 0.4) is 0 Å². The first-order valence-corrected chi connectivity index (χ1v) is 10.6. The predicted octanol–water partition coefficient (Wildman–Crippen LogP) is 3.76. The number of carbonyl (C=O) groups is 1. The highest BCUT2D eigenvalue weighted by Gasteiger charge is 2.32. The van der Waals surface area contributed by atoms with Crippen LogP contribution in [0.1, 0.15) is 16.8 Å². The number of halogens is 4. The molecule has 0 saturated carbocycles. The molecule has 1 aliphatic heterocycles. The molecule has 0 radical (unpaired) electrons. The second kappa shape index (κ2) is 9.62. The van der Waals surface area contributed by atoms with E-state index < -0.39 is 11.7 Å². The molecule has 0 unspecified atom stereocenters. The first-order valence-electron chi connectivity index (χ1n) is 10.2. The summed E-state index contributed by atoms with van der Waals surface area (Å²) in [5.41, 5.74) is 0.768. The molecule has 1 saturated heterocycles. The second-order valence-corrected chi connectivity index (χ2v) is 7.91. The van der Waals surface area contributed by atoms with Crippen LogP contribution in [-0.2, 0) is 17.5 Å². The number of anilines is 1. The fourth-order valence-corrected chi connectivity index (χ4v) is 3.74. The fourth-order valence-electron chi connectivity index (χ4n) is 3.46. The van der Waals surface area contributed by atoms with E-state index in [0.29, 0.717) is 38.4 Å². The van der Waals surface area contributed by atoms with E-state index >= 15 is 0 Å². The van der Waals surface area contributed by atoms with E-state index in [-0.39, 0.29) is 16.7 Å². The van der Waals surface area contributed by atoms with E-state index in [0.717, 1.165) is 17.8 Å². The number of nitrogens with zero attached hydrogens (tertiary/aromatic N) is 6. The van der Waals surface area contributed by atoms with E-state index in [1.165, 1.54) is 6.08 Å². The number of rotatable bonds is 5. The molecule has 1 amide bonds. The molecular formula is C22H20ClF3N6O. The number of hydrogen-bond donors (Lipinski definition) is 0. The predicted molar refractivity (Wildman–Crippen MR) is 118 cm³/mol. The Morgan fingerprint density at radius 3 is 2.52 bits per heavy atom. The van der Waals surface area contributed by atoms with Gasteiger partial charge in [-0.25, -0.2) is 9.67 Å². The van der Waals surface area contributed by atoms with Crippen LogP contribution in [0.2, 0.25) is 5.02 Å². The van der Waals surface area contributed by atoms with Crippen molar-refractivity contribution in [3.63, 3.8) is 0 Å². The molecular weight excluding hydrogens is 457 g/mol. The molecule has 1 aromatic carbocycles. The molecule has 33 heavy (non-hydrogen) atoms. The van der Waals surface area contributed by atoms with Gasteiger partial charge in [0, 0.05) is 38.5 Å². The van der Waals surface area contributed by atoms with Crippen LogP contribution in [0.4, 0.5) is 19.0 Å². The molecule has 3 aromatic rings. The SMILES string of the molecule is O=C(/C=C/c1cn(Cc2ccccc2)nn1)N1CCN(c2ncc(C(F)(F)F)cc2Cl)CC1. The van der Waals surface area contributed by atoms with E-state index in [1.807, 2.05) is 30.3 Å². The second-order valence-electron chi connectivity index (χ2n) is 7.50. The normalized spacial score (nSPS) is 14.8. The third kappa shape index (κ3) is 5.70. The summed E-state index contributed by atoms with van der Waals surface area (Å²) in [5, 5.41) is 8.06. The Bertz CT molecular complexity index is 1140. The van der Waals surface area contributed by atoms with E-state index in [4.69, 9.17) is 11.6 Å². The topological polar surface area (TPSA) is 67.2 Å². The summed E-state index contributed by atoms with van der Waals surface area (Å²) in [4.78, 5) is 19.8. The van der Waals surface area contributed by atoms with Crippen LogP contribution in [0.5, 0.6) is 0 Å². The molecule has 1 fully saturated rings. The molecule has 0 aliphatic carbocycles. The lowest BCUT2D eigenvalue weighted by Gasteiger charge is -2.35. The molecule has 3 heterocycles. The maximum atomic E-state index is 12.8. The average Bonchev–Trinajstić information content (AvgIpc) is 3.25. The number of benzene rings is 1. The van der Waals surface area contributed by atoms with Crippen LogP contribution < -0.4 is 4.90 Å². The Morgan fingerprint density at radius 2 is 1.85 bits per heavy atom. The number of pyridine rings is 1. The van der Waals surface area contributed by atoms with Gasteiger partial charge in [0.2, 0.25) is 5.91 Å². The summed E-state index contributed by atoms with van der Waals surface area (Å²) in [6, 6.07) is 10.7. The van der Waals surface area contributed by atoms with Crippen molar-refractivity contribution in [3.05, 3.63) is 76.7 Å². The molecule has 7 nitrogen and oxygen atoms in total. The molecule has 172 valence electrons. The van der Waals surface area contributed by atoms with Gasteiger partial charge in [-0.05, 0) is 17.7 Å². The van der Waals surface area contributed by atoms with Gasteiger partial charge in [0.25, 0.3) is 0 Å². The largest absolute Gasteiger partial charge is 0.417 e. The van der Waals surface area contributed by atoms with Gasteiger partial charge in [0.15, 0.2) is 0 Å². The average molecular weight is 477 g/mol. The van der Waals surface area contributed by atoms with Gasteiger partial charge in [-0.2, -0.15) is 13.2 Å². The molecule has 11 heteroatoms. The van der Waals surface area contributed by atoms with Crippen molar-refractivity contribution in [2.75, 3.05) is 31.1 Å². The lowest BCUT2D eigenvalue weighted by Crippen LogP contribution is -2.48. The Morgan fingerprint density at radius 1 is 1.12 bits per heavy atom. The van der Waals surface area contributed by atoms with Crippen molar-refractivity contribution in [3.8, 4) is 0 Å². The zero-order valence-electron chi connectivity index (χ0n) is 17.4.